The highest BCUT2D eigenvalue weighted by Gasteiger charge is 2.22. The first-order valence-electron chi connectivity index (χ1n) is 13.6. The molecule has 0 bridgehead atoms. The zero-order valence-electron chi connectivity index (χ0n) is 26.2. The van der Waals surface area contributed by atoms with Crippen molar-refractivity contribution in [3.8, 4) is 0 Å². The van der Waals surface area contributed by atoms with E-state index in [4.69, 9.17) is 13.6 Å². The highest BCUT2D eigenvalue weighted by atomic mass is 31.2. The molecule has 0 aromatic heterocycles. The smallest absolute Gasteiger partial charge is 0.197 e. The summed E-state index contributed by atoms with van der Waals surface area (Å²) in [6.07, 6.45) is 0.820. The Balaban J connectivity index is 0.000000568. The van der Waals surface area contributed by atoms with Crippen molar-refractivity contribution in [2.75, 3.05) is 40.0 Å². The molecule has 39 heavy (non-hydrogen) atoms. The van der Waals surface area contributed by atoms with Gasteiger partial charge in [0.25, 0.3) is 0 Å². The van der Waals surface area contributed by atoms with Gasteiger partial charge in [0.2, 0.25) is 0 Å². The molecule has 0 heterocycles. The molecule has 0 aliphatic carbocycles. The van der Waals surface area contributed by atoms with E-state index in [0.717, 1.165) is 17.5 Å². The van der Waals surface area contributed by atoms with Gasteiger partial charge in [-0.05, 0) is 36.3 Å². The van der Waals surface area contributed by atoms with E-state index in [0.29, 0.717) is 11.8 Å². The van der Waals surface area contributed by atoms with Gasteiger partial charge in [-0.1, -0.05) is 95.3 Å². The second-order valence-corrected chi connectivity index (χ2v) is 19.5. The summed E-state index contributed by atoms with van der Waals surface area (Å²) in [6, 6.07) is 19.9. The van der Waals surface area contributed by atoms with Crippen molar-refractivity contribution in [2.24, 2.45) is 11.8 Å². The number of benzene rings is 2. The molecule has 0 amide bonds. The molecule has 0 fully saturated rings. The van der Waals surface area contributed by atoms with E-state index < -0.39 is 22.1 Å². The summed E-state index contributed by atoms with van der Waals surface area (Å²) in [5, 5.41) is 0. The predicted molar refractivity (Wildman–Crippen MR) is 169 cm³/mol. The SMILES string of the molecule is CC(C)C(C)OP(C)(C)=O.CC(C)C(OP(C)(C)=O)c1ccccc1.CCC(OP(C)(C)=O)c1ccccc1. The summed E-state index contributed by atoms with van der Waals surface area (Å²) in [6.45, 7) is 22.2. The lowest BCUT2D eigenvalue weighted by molar-refractivity contribution is 0.160. The predicted octanol–water partition coefficient (Wildman–Crippen LogP) is 10.2. The van der Waals surface area contributed by atoms with E-state index in [1.807, 2.05) is 74.5 Å². The van der Waals surface area contributed by atoms with Gasteiger partial charge in [-0.25, -0.2) is 0 Å². The zero-order valence-corrected chi connectivity index (χ0v) is 28.8. The van der Waals surface area contributed by atoms with E-state index in [9.17, 15) is 13.7 Å². The minimum Gasteiger partial charge on any atom is -0.325 e. The summed E-state index contributed by atoms with van der Waals surface area (Å²) < 4.78 is 50.7. The molecule has 2 rings (SSSR count). The normalized spacial score (nSPS) is 14.5. The molecule has 6 nitrogen and oxygen atoms in total. The van der Waals surface area contributed by atoms with Crippen LogP contribution < -0.4 is 0 Å². The maximum atomic E-state index is 11.7. The fourth-order valence-corrected chi connectivity index (χ4v) is 6.19. The highest BCUT2D eigenvalue weighted by molar-refractivity contribution is 7.57. The van der Waals surface area contributed by atoms with Crippen LogP contribution in [-0.2, 0) is 27.3 Å². The van der Waals surface area contributed by atoms with Crippen molar-refractivity contribution in [3.63, 3.8) is 0 Å². The average molecular weight is 603 g/mol. The van der Waals surface area contributed by atoms with Crippen LogP contribution in [0.1, 0.15) is 71.3 Å². The third-order valence-corrected chi connectivity index (χ3v) is 7.72. The van der Waals surface area contributed by atoms with E-state index in [1.165, 1.54) is 0 Å². The second kappa shape index (κ2) is 17.7. The largest absolute Gasteiger partial charge is 0.325 e. The molecule has 0 saturated carbocycles. The van der Waals surface area contributed by atoms with Crippen molar-refractivity contribution in [1.82, 2.24) is 0 Å². The van der Waals surface area contributed by atoms with Crippen LogP contribution in [-0.4, -0.2) is 46.1 Å². The third kappa shape index (κ3) is 19.7. The fraction of sp³-hybridized carbons (Fsp3) is 0.600. The quantitative estimate of drug-likeness (QED) is 0.238. The van der Waals surface area contributed by atoms with Gasteiger partial charge < -0.3 is 13.6 Å². The third-order valence-electron chi connectivity index (χ3n) is 5.38. The van der Waals surface area contributed by atoms with Crippen LogP contribution >= 0.6 is 22.1 Å². The van der Waals surface area contributed by atoms with Crippen LogP contribution in [0.2, 0.25) is 0 Å². The van der Waals surface area contributed by atoms with Crippen molar-refractivity contribution in [1.29, 1.82) is 0 Å². The monoisotopic (exact) mass is 602 g/mol. The van der Waals surface area contributed by atoms with Crippen LogP contribution in [0, 0.1) is 11.8 Å². The molecular weight excluding hydrogens is 549 g/mol. The van der Waals surface area contributed by atoms with E-state index >= 15 is 0 Å². The Morgan fingerprint density at radius 2 is 0.949 bits per heavy atom. The Hall–Kier alpha value is -0.990. The molecule has 2 aromatic rings. The van der Waals surface area contributed by atoms with Crippen LogP contribution in [0.4, 0.5) is 0 Å². The molecule has 0 saturated heterocycles. The molecule has 0 aliphatic heterocycles. The summed E-state index contributed by atoms with van der Waals surface area (Å²) in [5.74, 6) is 0.758. The van der Waals surface area contributed by atoms with E-state index in [1.54, 1.807) is 40.0 Å². The standard InChI is InChI=1S/C12H19O2P.C11H17O2P.C7H17O2P/c1-10(2)12(14-15(3,4)13)11-8-6-5-7-9-11;1-4-11(13-14(2,3)12)10-8-6-5-7-9-10;1-6(2)7(3)9-10(4,5)8/h5-10,12H,1-4H3;5-9,11H,4H2,1-3H3;6-7H,1-5H3. The second-order valence-electron chi connectivity index (χ2n) is 11.4. The molecule has 0 radical (unpaired) electrons. The molecule has 9 heteroatoms. The number of hydrogen-bond donors (Lipinski definition) is 0. The molecule has 3 atom stereocenters. The molecule has 0 N–H and O–H groups in total. The van der Waals surface area contributed by atoms with Crippen molar-refractivity contribution in [2.45, 2.75) is 66.3 Å². The van der Waals surface area contributed by atoms with Crippen LogP contribution in [0.3, 0.4) is 0 Å². The Bertz CT molecular complexity index is 1050. The number of hydrogen-bond acceptors (Lipinski definition) is 6. The molecule has 2 aromatic carbocycles. The van der Waals surface area contributed by atoms with Crippen LogP contribution in [0.25, 0.3) is 0 Å². The summed E-state index contributed by atoms with van der Waals surface area (Å²) in [4.78, 5) is 0. The maximum Gasteiger partial charge on any atom is 0.197 e. The summed E-state index contributed by atoms with van der Waals surface area (Å²) >= 11 is 0. The summed E-state index contributed by atoms with van der Waals surface area (Å²) in [5.41, 5.74) is 2.19. The molecule has 0 spiro atoms. The first kappa shape index (κ1) is 38.0. The Morgan fingerprint density at radius 1 is 0.564 bits per heavy atom. The maximum absolute atomic E-state index is 11.7. The number of rotatable bonds is 11. The average Bonchev–Trinajstić information content (AvgIpc) is 2.80. The summed E-state index contributed by atoms with van der Waals surface area (Å²) in [7, 11) is -7.12. The Kier molecular flexibility index (Phi) is 17.3. The zero-order chi connectivity index (χ0) is 30.4. The Morgan fingerprint density at radius 3 is 1.23 bits per heavy atom. The van der Waals surface area contributed by atoms with Gasteiger partial charge in [0, 0.05) is 40.0 Å². The molecule has 3 unspecified atom stereocenters. The topological polar surface area (TPSA) is 78.9 Å². The lowest BCUT2D eigenvalue weighted by Gasteiger charge is -2.24. The van der Waals surface area contributed by atoms with Gasteiger partial charge >= 0.3 is 0 Å². The van der Waals surface area contributed by atoms with E-state index in [2.05, 4.69) is 27.7 Å². The first-order valence-corrected chi connectivity index (χ1v) is 21.1. The lowest BCUT2D eigenvalue weighted by Crippen LogP contribution is -2.13. The van der Waals surface area contributed by atoms with Gasteiger partial charge in [0.15, 0.2) is 22.1 Å². The minimum absolute atomic E-state index is 0.0444. The molecule has 224 valence electrons. The van der Waals surface area contributed by atoms with Gasteiger partial charge in [-0.15, -0.1) is 0 Å². The van der Waals surface area contributed by atoms with Crippen molar-refractivity contribution in [3.05, 3.63) is 71.8 Å². The van der Waals surface area contributed by atoms with Gasteiger partial charge in [-0.2, -0.15) is 0 Å². The lowest BCUT2D eigenvalue weighted by atomic mass is 9.99. The van der Waals surface area contributed by atoms with Crippen molar-refractivity contribution < 1.29 is 27.3 Å². The highest BCUT2D eigenvalue weighted by Crippen LogP contribution is 2.46. The van der Waals surface area contributed by atoms with Crippen molar-refractivity contribution >= 4 is 22.1 Å². The van der Waals surface area contributed by atoms with E-state index in [-0.39, 0.29) is 18.3 Å². The molecular formula is C30H53O6P3. The first-order chi connectivity index (χ1) is 17.8. The molecule has 0 aliphatic rings. The van der Waals surface area contributed by atoms with Gasteiger partial charge in [0.05, 0.1) is 18.3 Å². The van der Waals surface area contributed by atoms with Crippen LogP contribution in [0.15, 0.2) is 60.7 Å². The minimum atomic E-state index is -2.44. The fourth-order valence-electron chi connectivity index (χ4n) is 3.35. The van der Waals surface area contributed by atoms with Crippen LogP contribution in [0.5, 0.6) is 0 Å². The Labute approximate surface area is 239 Å². The van der Waals surface area contributed by atoms with Gasteiger partial charge in [-0.3, -0.25) is 13.7 Å². The van der Waals surface area contributed by atoms with Gasteiger partial charge in [0.1, 0.15) is 0 Å².